The first kappa shape index (κ1) is 8.17. The molecule has 1 saturated carbocycles. The Morgan fingerprint density at radius 3 is 2.64 bits per heavy atom. The third kappa shape index (κ3) is 0.865. The van der Waals surface area contributed by atoms with E-state index in [0.29, 0.717) is 5.92 Å². The summed E-state index contributed by atoms with van der Waals surface area (Å²) >= 11 is 0. The van der Waals surface area contributed by atoms with E-state index in [2.05, 4.69) is 15.6 Å². The number of rotatable bonds is 1. The lowest BCUT2D eigenvalue weighted by Crippen LogP contribution is -2.15. The second-order valence-electron chi connectivity index (χ2n) is 4.31. The molecule has 2 atom stereocenters. The van der Waals surface area contributed by atoms with Gasteiger partial charge in [-0.2, -0.15) is 5.10 Å². The van der Waals surface area contributed by atoms with Crippen molar-refractivity contribution in [3.8, 4) is 0 Å². The molecule has 1 aromatic heterocycles. The van der Waals surface area contributed by atoms with Crippen LogP contribution in [-0.4, -0.2) is 10.2 Å². The number of fused-ring (bicyclic) bond motifs is 5. The number of aromatic nitrogens is 2. The van der Waals surface area contributed by atoms with Gasteiger partial charge in [0.1, 0.15) is 0 Å². The van der Waals surface area contributed by atoms with Gasteiger partial charge in [-0.05, 0) is 43.6 Å². The summed E-state index contributed by atoms with van der Waals surface area (Å²) in [5, 5.41) is 8.25. The van der Waals surface area contributed by atoms with Crippen LogP contribution in [0.15, 0.2) is 0 Å². The number of aryl methyl sites for hydroxylation is 1. The van der Waals surface area contributed by atoms with Crippen LogP contribution in [0.4, 0.5) is 5.82 Å². The summed E-state index contributed by atoms with van der Waals surface area (Å²) in [6.07, 6.45) is 3.88. The quantitative estimate of drug-likeness (QED) is 0.519. The van der Waals surface area contributed by atoms with Crippen LogP contribution in [0.5, 0.6) is 0 Å². The summed E-state index contributed by atoms with van der Waals surface area (Å²) in [5.74, 6) is 7.64. The molecule has 4 heteroatoms. The largest absolute Gasteiger partial charge is 0.307 e. The van der Waals surface area contributed by atoms with E-state index in [-0.39, 0.29) is 0 Å². The highest BCUT2D eigenvalue weighted by Crippen LogP contribution is 2.55. The van der Waals surface area contributed by atoms with E-state index < -0.39 is 0 Å². The van der Waals surface area contributed by atoms with Crippen LogP contribution in [0.1, 0.15) is 47.9 Å². The molecule has 0 aliphatic heterocycles. The SMILES string of the molecule is Cc1nnc(NN)c2c1C1CCC2C1. The molecular weight excluding hydrogens is 176 g/mol. The second-order valence-corrected chi connectivity index (χ2v) is 4.31. The van der Waals surface area contributed by atoms with Crippen LogP contribution in [0.25, 0.3) is 0 Å². The van der Waals surface area contributed by atoms with Crippen molar-refractivity contribution in [1.29, 1.82) is 0 Å². The van der Waals surface area contributed by atoms with Crippen molar-refractivity contribution in [3.05, 3.63) is 16.8 Å². The Bertz CT molecular complexity index is 388. The summed E-state index contributed by atoms with van der Waals surface area (Å²) in [6.45, 7) is 2.05. The Hall–Kier alpha value is -1.16. The zero-order valence-electron chi connectivity index (χ0n) is 8.25. The number of hydrogen-bond acceptors (Lipinski definition) is 4. The molecule has 74 valence electrons. The van der Waals surface area contributed by atoms with E-state index in [1.807, 2.05) is 6.92 Å². The number of anilines is 1. The minimum atomic E-state index is 0.676. The van der Waals surface area contributed by atoms with Crippen molar-refractivity contribution in [3.63, 3.8) is 0 Å². The molecule has 0 saturated heterocycles. The number of hydrazine groups is 1. The van der Waals surface area contributed by atoms with E-state index in [9.17, 15) is 0 Å². The highest BCUT2D eigenvalue weighted by atomic mass is 15.3. The van der Waals surface area contributed by atoms with Gasteiger partial charge in [0.2, 0.25) is 0 Å². The minimum Gasteiger partial charge on any atom is -0.307 e. The average molecular weight is 190 g/mol. The van der Waals surface area contributed by atoms with Crippen molar-refractivity contribution < 1.29 is 0 Å². The highest BCUT2D eigenvalue weighted by Gasteiger charge is 2.40. The summed E-state index contributed by atoms with van der Waals surface area (Å²) in [6, 6.07) is 0. The predicted octanol–water partition coefficient (Wildman–Crippen LogP) is 1.44. The monoisotopic (exact) mass is 190 g/mol. The van der Waals surface area contributed by atoms with Gasteiger partial charge in [0.15, 0.2) is 5.82 Å². The lowest BCUT2D eigenvalue weighted by molar-refractivity contribution is 0.698. The minimum absolute atomic E-state index is 0.676. The molecule has 3 N–H and O–H groups in total. The van der Waals surface area contributed by atoms with Crippen LogP contribution in [-0.2, 0) is 0 Å². The van der Waals surface area contributed by atoms with Crippen molar-refractivity contribution in [1.82, 2.24) is 10.2 Å². The fourth-order valence-corrected chi connectivity index (χ4v) is 3.10. The van der Waals surface area contributed by atoms with Gasteiger partial charge < -0.3 is 5.43 Å². The molecule has 1 heterocycles. The molecule has 0 radical (unpaired) electrons. The standard InChI is InChI=1S/C10H14N4/c1-5-8-6-2-3-7(4-6)9(8)10(12-11)14-13-5/h6-7H,2-4,11H2,1H3,(H,12,14). The van der Waals surface area contributed by atoms with Crippen LogP contribution in [0.3, 0.4) is 0 Å². The Kier molecular flexibility index (Phi) is 1.56. The Labute approximate surface area is 82.9 Å². The molecule has 0 spiro atoms. The second kappa shape index (κ2) is 2.67. The van der Waals surface area contributed by atoms with Gasteiger partial charge in [0.05, 0.1) is 5.69 Å². The number of nitrogens with zero attached hydrogens (tertiary/aromatic N) is 2. The van der Waals surface area contributed by atoms with E-state index in [1.54, 1.807) is 0 Å². The fraction of sp³-hybridized carbons (Fsp3) is 0.600. The maximum Gasteiger partial charge on any atom is 0.166 e. The smallest absolute Gasteiger partial charge is 0.166 e. The van der Waals surface area contributed by atoms with Gasteiger partial charge in [-0.25, -0.2) is 5.84 Å². The Balaban J connectivity index is 2.24. The van der Waals surface area contributed by atoms with Crippen LogP contribution < -0.4 is 11.3 Å². The molecule has 4 nitrogen and oxygen atoms in total. The van der Waals surface area contributed by atoms with E-state index in [0.717, 1.165) is 17.4 Å². The lowest BCUT2D eigenvalue weighted by atomic mass is 9.91. The van der Waals surface area contributed by atoms with Gasteiger partial charge >= 0.3 is 0 Å². The predicted molar refractivity (Wildman–Crippen MR) is 53.9 cm³/mol. The molecule has 1 aromatic rings. The first-order valence-electron chi connectivity index (χ1n) is 5.15. The van der Waals surface area contributed by atoms with Gasteiger partial charge in [0, 0.05) is 5.56 Å². The normalized spacial score (nSPS) is 27.9. The summed E-state index contributed by atoms with van der Waals surface area (Å²) in [7, 11) is 0. The molecule has 3 rings (SSSR count). The number of hydrogen-bond donors (Lipinski definition) is 2. The number of nitrogen functional groups attached to an aromatic ring is 1. The maximum absolute atomic E-state index is 5.45. The first-order chi connectivity index (χ1) is 6.81. The van der Waals surface area contributed by atoms with Crippen molar-refractivity contribution in [2.45, 2.75) is 38.0 Å². The summed E-state index contributed by atoms with van der Waals surface area (Å²) < 4.78 is 0. The summed E-state index contributed by atoms with van der Waals surface area (Å²) in [5.41, 5.74) is 6.52. The van der Waals surface area contributed by atoms with Crippen molar-refractivity contribution >= 4 is 5.82 Å². The van der Waals surface area contributed by atoms with Gasteiger partial charge in [-0.1, -0.05) is 0 Å². The molecule has 14 heavy (non-hydrogen) atoms. The molecular formula is C10H14N4. The van der Waals surface area contributed by atoms with Crippen molar-refractivity contribution in [2.75, 3.05) is 5.43 Å². The molecule has 0 amide bonds. The Morgan fingerprint density at radius 1 is 1.21 bits per heavy atom. The number of nitrogens with two attached hydrogens (primary N) is 1. The average Bonchev–Trinajstić information content (AvgIpc) is 2.79. The lowest BCUT2D eigenvalue weighted by Gasteiger charge is -2.18. The molecule has 1 fully saturated rings. The Morgan fingerprint density at radius 2 is 1.93 bits per heavy atom. The van der Waals surface area contributed by atoms with Crippen molar-refractivity contribution in [2.24, 2.45) is 5.84 Å². The van der Waals surface area contributed by atoms with E-state index in [1.165, 1.54) is 30.4 Å². The molecule has 2 aliphatic carbocycles. The highest BCUT2D eigenvalue weighted by molar-refractivity contribution is 5.55. The zero-order valence-corrected chi connectivity index (χ0v) is 8.25. The first-order valence-corrected chi connectivity index (χ1v) is 5.15. The topological polar surface area (TPSA) is 63.8 Å². The van der Waals surface area contributed by atoms with E-state index >= 15 is 0 Å². The fourth-order valence-electron chi connectivity index (χ4n) is 3.10. The third-order valence-electron chi connectivity index (χ3n) is 3.62. The van der Waals surface area contributed by atoms with Crippen LogP contribution in [0, 0.1) is 6.92 Å². The van der Waals surface area contributed by atoms with Gasteiger partial charge in [0.25, 0.3) is 0 Å². The van der Waals surface area contributed by atoms with Gasteiger partial charge in [-0.3, -0.25) is 0 Å². The molecule has 2 aliphatic rings. The molecule has 0 aromatic carbocycles. The molecule has 2 bridgehead atoms. The van der Waals surface area contributed by atoms with Crippen LogP contribution >= 0.6 is 0 Å². The maximum atomic E-state index is 5.45. The molecule has 2 unspecified atom stereocenters. The van der Waals surface area contributed by atoms with Crippen LogP contribution in [0.2, 0.25) is 0 Å². The summed E-state index contributed by atoms with van der Waals surface area (Å²) in [4.78, 5) is 0. The van der Waals surface area contributed by atoms with Gasteiger partial charge in [-0.15, -0.1) is 5.10 Å². The third-order valence-corrected chi connectivity index (χ3v) is 3.62. The number of nitrogens with one attached hydrogen (secondary N) is 1. The van der Waals surface area contributed by atoms with E-state index in [4.69, 9.17) is 5.84 Å². The zero-order chi connectivity index (χ0) is 9.71.